The van der Waals surface area contributed by atoms with Gasteiger partial charge in [0.25, 0.3) is 5.91 Å². The fourth-order valence-corrected chi connectivity index (χ4v) is 3.34. The van der Waals surface area contributed by atoms with Gasteiger partial charge in [0.15, 0.2) is 0 Å². The summed E-state index contributed by atoms with van der Waals surface area (Å²) in [5.74, 6) is 0.961. The van der Waals surface area contributed by atoms with Crippen LogP contribution in [0.5, 0.6) is 5.75 Å². The third kappa shape index (κ3) is 4.47. The topological polar surface area (TPSA) is 29.5 Å². The number of alkyl halides is 1. The number of halogens is 1. The first kappa shape index (κ1) is 16.3. The molecule has 3 nitrogen and oxygen atoms in total. The van der Waals surface area contributed by atoms with E-state index in [-0.39, 0.29) is 5.91 Å². The Morgan fingerprint density at radius 1 is 1.24 bits per heavy atom. The minimum absolute atomic E-state index is 0.143. The van der Waals surface area contributed by atoms with Gasteiger partial charge in [-0.3, -0.25) is 4.79 Å². The minimum Gasteiger partial charge on any atom is -0.494 e. The van der Waals surface area contributed by atoms with Gasteiger partial charge in [0.05, 0.1) is 6.61 Å². The van der Waals surface area contributed by atoms with Crippen LogP contribution in [0.1, 0.15) is 49.4 Å². The van der Waals surface area contributed by atoms with Crippen LogP contribution in [-0.4, -0.2) is 35.3 Å². The van der Waals surface area contributed by atoms with Crippen molar-refractivity contribution in [2.24, 2.45) is 0 Å². The number of hydrogen-bond acceptors (Lipinski definition) is 2. The summed E-state index contributed by atoms with van der Waals surface area (Å²) in [4.78, 5) is 14.8. The number of carbonyl (C=O) groups is 1. The third-order valence-electron chi connectivity index (χ3n) is 4.01. The molecule has 0 unspecified atom stereocenters. The van der Waals surface area contributed by atoms with Gasteiger partial charge in [-0.1, -0.05) is 35.2 Å². The third-order valence-corrected chi connectivity index (χ3v) is 4.37. The summed E-state index contributed by atoms with van der Waals surface area (Å²) in [7, 11) is 0. The molecule has 0 heterocycles. The molecule has 0 saturated heterocycles. The molecule has 1 aromatic rings. The average molecular weight is 354 g/mol. The second-order valence-corrected chi connectivity index (χ2v) is 6.23. The van der Waals surface area contributed by atoms with E-state index in [2.05, 4.69) is 15.9 Å². The van der Waals surface area contributed by atoms with Gasteiger partial charge in [0.1, 0.15) is 5.75 Å². The molecule has 0 aliphatic heterocycles. The standard InChI is InChI=1S/C17H24BrNO2/c1-2-21-16-10-8-14(9-11-16)17(20)19(13-12-18)15-6-4-3-5-7-15/h8-11,15H,2-7,12-13H2,1H3. The highest BCUT2D eigenvalue weighted by Crippen LogP contribution is 2.24. The molecule has 0 spiro atoms. The lowest BCUT2D eigenvalue weighted by Crippen LogP contribution is -2.42. The number of amides is 1. The Hall–Kier alpha value is -1.03. The van der Waals surface area contributed by atoms with Crippen LogP contribution in [-0.2, 0) is 0 Å². The van der Waals surface area contributed by atoms with Gasteiger partial charge in [-0.15, -0.1) is 0 Å². The summed E-state index contributed by atoms with van der Waals surface area (Å²) < 4.78 is 5.43. The van der Waals surface area contributed by atoms with Crippen LogP contribution in [0.3, 0.4) is 0 Å². The predicted octanol–water partition coefficient (Wildman–Crippen LogP) is 4.26. The van der Waals surface area contributed by atoms with Gasteiger partial charge in [-0.2, -0.15) is 0 Å². The molecule has 0 bridgehead atoms. The van der Waals surface area contributed by atoms with Crippen molar-refractivity contribution in [3.8, 4) is 5.75 Å². The Balaban J connectivity index is 2.09. The van der Waals surface area contributed by atoms with Crippen LogP contribution in [0.4, 0.5) is 0 Å². The Morgan fingerprint density at radius 3 is 2.48 bits per heavy atom. The van der Waals surface area contributed by atoms with Crippen molar-refractivity contribution in [2.75, 3.05) is 18.5 Å². The van der Waals surface area contributed by atoms with E-state index in [9.17, 15) is 4.79 Å². The largest absolute Gasteiger partial charge is 0.494 e. The second kappa shape index (κ2) is 8.42. The number of hydrogen-bond donors (Lipinski definition) is 0. The quantitative estimate of drug-likeness (QED) is 0.715. The van der Waals surface area contributed by atoms with Crippen molar-refractivity contribution in [3.05, 3.63) is 29.8 Å². The lowest BCUT2D eigenvalue weighted by Gasteiger charge is -2.34. The Labute approximate surface area is 135 Å². The monoisotopic (exact) mass is 353 g/mol. The lowest BCUT2D eigenvalue weighted by atomic mass is 9.93. The number of ether oxygens (including phenoxy) is 1. The Bertz CT molecular complexity index is 441. The summed E-state index contributed by atoms with van der Waals surface area (Å²) in [5, 5.41) is 0.826. The zero-order valence-electron chi connectivity index (χ0n) is 12.7. The first-order valence-corrected chi connectivity index (χ1v) is 8.98. The van der Waals surface area contributed by atoms with Gasteiger partial charge >= 0.3 is 0 Å². The maximum atomic E-state index is 12.8. The van der Waals surface area contributed by atoms with Crippen molar-refractivity contribution in [1.29, 1.82) is 0 Å². The van der Waals surface area contributed by atoms with Gasteiger partial charge < -0.3 is 9.64 Å². The van der Waals surface area contributed by atoms with Crippen molar-refractivity contribution >= 4 is 21.8 Å². The molecule has 1 aliphatic carbocycles. The number of carbonyl (C=O) groups excluding carboxylic acids is 1. The zero-order valence-corrected chi connectivity index (χ0v) is 14.3. The molecular weight excluding hydrogens is 330 g/mol. The Kier molecular flexibility index (Phi) is 6.55. The van der Waals surface area contributed by atoms with E-state index < -0.39 is 0 Å². The highest BCUT2D eigenvalue weighted by molar-refractivity contribution is 9.09. The van der Waals surface area contributed by atoms with Crippen LogP contribution < -0.4 is 4.74 Å². The molecule has 1 saturated carbocycles. The number of rotatable bonds is 6. The van der Waals surface area contributed by atoms with E-state index >= 15 is 0 Å². The average Bonchev–Trinajstić information content (AvgIpc) is 2.54. The van der Waals surface area contributed by atoms with Crippen LogP contribution in [0.15, 0.2) is 24.3 Å². The molecule has 2 rings (SSSR count). The van der Waals surface area contributed by atoms with Crippen LogP contribution in [0, 0.1) is 0 Å². The molecule has 4 heteroatoms. The molecule has 1 aliphatic rings. The number of nitrogens with zero attached hydrogens (tertiary/aromatic N) is 1. The predicted molar refractivity (Wildman–Crippen MR) is 89.3 cm³/mol. The highest BCUT2D eigenvalue weighted by atomic mass is 79.9. The van der Waals surface area contributed by atoms with Crippen LogP contribution >= 0.6 is 15.9 Å². The van der Waals surface area contributed by atoms with Crippen molar-refractivity contribution in [2.45, 2.75) is 45.1 Å². The zero-order chi connectivity index (χ0) is 15.1. The fourth-order valence-electron chi connectivity index (χ4n) is 2.96. The number of benzene rings is 1. The summed E-state index contributed by atoms with van der Waals surface area (Å²) in [6.45, 7) is 3.38. The molecule has 1 aromatic carbocycles. The molecule has 116 valence electrons. The molecule has 0 aromatic heterocycles. The van der Waals surface area contributed by atoms with Gasteiger partial charge in [0.2, 0.25) is 0 Å². The fraction of sp³-hybridized carbons (Fsp3) is 0.588. The molecule has 1 fully saturated rings. The first-order chi connectivity index (χ1) is 10.3. The van der Waals surface area contributed by atoms with Crippen molar-refractivity contribution < 1.29 is 9.53 Å². The SMILES string of the molecule is CCOc1ccc(C(=O)N(CCBr)C2CCCCC2)cc1. The summed E-state index contributed by atoms with van der Waals surface area (Å²) >= 11 is 3.48. The van der Waals surface area contributed by atoms with Gasteiger partial charge in [-0.25, -0.2) is 0 Å². The lowest BCUT2D eigenvalue weighted by molar-refractivity contribution is 0.0651. The first-order valence-electron chi connectivity index (χ1n) is 7.86. The highest BCUT2D eigenvalue weighted by Gasteiger charge is 2.25. The van der Waals surface area contributed by atoms with E-state index in [1.54, 1.807) is 0 Å². The maximum absolute atomic E-state index is 12.8. The normalized spacial score (nSPS) is 15.7. The maximum Gasteiger partial charge on any atom is 0.254 e. The van der Waals surface area contributed by atoms with Crippen LogP contribution in [0.25, 0.3) is 0 Å². The van der Waals surface area contributed by atoms with Crippen LogP contribution in [0.2, 0.25) is 0 Å². The van der Waals surface area contributed by atoms with Gasteiger partial charge in [0, 0.05) is 23.5 Å². The molecule has 0 atom stereocenters. The summed E-state index contributed by atoms with van der Waals surface area (Å²) in [5.41, 5.74) is 0.755. The smallest absolute Gasteiger partial charge is 0.254 e. The van der Waals surface area contributed by atoms with E-state index in [0.717, 1.165) is 36.0 Å². The van der Waals surface area contributed by atoms with Crippen molar-refractivity contribution in [1.82, 2.24) is 4.90 Å². The Morgan fingerprint density at radius 2 is 1.90 bits per heavy atom. The summed E-state index contributed by atoms with van der Waals surface area (Å²) in [6, 6.07) is 7.90. The van der Waals surface area contributed by atoms with Crippen molar-refractivity contribution in [3.63, 3.8) is 0 Å². The molecule has 1 amide bonds. The minimum atomic E-state index is 0.143. The second-order valence-electron chi connectivity index (χ2n) is 5.44. The molecule has 0 N–H and O–H groups in total. The van der Waals surface area contributed by atoms with E-state index in [1.807, 2.05) is 36.1 Å². The van der Waals surface area contributed by atoms with Gasteiger partial charge in [-0.05, 0) is 44.0 Å². The summed E-state index contributed by atoms with van der Waals surface area (Å²) in [6.07, 6.45) is 6.04. The molecule has 0 radical (unpaired) electrons. The van der Waals surface area contributed by atoms with E-state index in [4.69, 9.17) is 4.74 Å². The molecular formula is C17H24BrNO2. The van der Waals surface area contributed by atoms with E-state index in [0.29, 0.717) is 12.6 Å². The van der Waals surface area contributed by atoms with E-state index in [1.165, 1.54) is 19.3 Å². The molecule has 21 heavy (non-hydrogen) atoms.